The number of amides is 1. The van der Waals surface area contributed by atoms with Gasteiger partial charge in [0.15, 0.2) is 0 Å². The lowest BCUT2D eigenvalue weighted by Crippen LogP contribution is -2.49. The summed E-state index contributed by atoms with van der Waals surface area (Å²) in [7, 11) is 0. The molecule has 1 aliphatic heterocycles. The van der Waals surface area contributed by atoms with E-state index < -0.39 is 0 Å². The van der Waals surface area contributed by atoms with Gasteiger partial charge in [0.05, 0.1) is 24.9 Å². The maximum atomic E-state index is 12.9. The van der Waals surface area contributed by atoms with Gasteiger partial charge in [-0.2, -0.15) is 5.26 Å². The van der Waals surface area contributed by atoms with Crippen LogP contribution in [0.5, 0.6) is 0 Å². The predicted molar refractivity (Wildman–Crippen MR) is 118 cm³/mol. The normalized spacial score (nSPS) is 14.4. The maximum absolute atomic E-state index is 12.9. The van der Waals surface area contributed by atoms with Gasteiger partial charge in [-0.1, -0.05) is 6.07 Å². The number of piperazine rings is 1. The van der Waals surface area contributed by atoms with E-state index in [1.165, 1.54) is 0 Å². The van der Waals surface area contributed by atoms with Gasteiger partial charge in [-0.15, -0.1) is 0 Å². The lowest BCUT2D eigenvalue weighted by Gasteiger charge is -2.34. The first-order valence-corrected chi connectivity index (χ1v) is 10.4. The summed E-state index contributed by atoms with van der Waals surface area (Å²) < 4.78 is 7.40. The number of carbonyl (C=O) groups excluding carboxylic acids is 1. The Morgan fingerprint density at radius 1 is 1.19 bits per heavy atom. The largest absolute Gasteiger partial charge is 0.467 e. The van der Waals surface area contributed by atoms with E-state index in [4.69, 9.17) is 4.42 Å². The van der Waals surface area contributed by atoms with Crippen LogP contribution in [0.1, 0.15) is 22.6 Å². The minimum atomic E-state index is -0.124. The summed E-state index contributed by atoms with van der Waals surface area (Å²) in [5.41, 5.74) is 2.30. The summed E-state index contributed by atoms with van der Waals surface area (Å²) in [6.45, 7) is 7.79. The Labute approximate surface area is 181 Å². The number of hydrogen-bond donors (Lipinski definition) is 1. The van der Waals surface area contributed by atoms with E-state index in [1.54, 1.807) is 12.5 Å². The van der Waals surface area contributed by atoms with Gasteiger partial charge in [-0.3, -0.25) is 9.69 Å². The number of anilines is 2. The average molecular weight is 419 g/mol. The standard InChI is InChI=1S/C23H26N6O2/c1-17-18(2)29(15-19-6-5-13-31-19)23(20(17)14-24)26-22(30)16-27-9-11-28(12-10-27)21-7-3-4-8-25-21/h3-8,13H,9-12,15-16H2,1-2H3,(H,26,30). The number of aromatic nitrogens is 2. The summed E-state index contributed by atoms with van der Waals surface area (Å²) in [4.78, 5) is 21.6. The van der Waals surface area contributed by atoms with Crippen LogP contribution in [-0.4, -0.2) is 53.1 Å². The SMILES string of the molecule is Cc1c(C#N)c(NC(=O)CN2CCN(c3ccccn3)CC2)n(Cc2ccco2)c1C. The third-order valence-corrected chi connectivity index (χ3v) is 5.81. The maximum Gasteiger partial charge on any atom is 0.239 e. The fraction of sp³-hybridized carbons (Fsp3) is 0.348. The molecule has 1 saturated heterocycles. The van der Waals surface area contributed by atoms with Gasteiger partial charge in [0, 0.05) is 38.1 Å². The van der Waals surface area contributed by atoms with Crippen molar-refractivity contribution in [3.05, 3.63) is 65.4 Å². The summed E-state index contributed by atoms with van der Waals surface area (Å²) in [5, 5.41) is 12.7. The number of nitrogens with zero attached hydrogens (tertiary/aromatic N) is 5. The Kier molecular flexibility index (Phi) is 6.05. The van der Waals surface area contributed by atoms with Crippen LogP contribution in [0.4, 0.5) is 11.6 Å². The Morgan fingerprint density at radius 2 is 2.00 bits per heavy atom. The fourth-order valence-electron chi connectivity index (χ4n) is 3.94. The Hall–Kier alpha value is -3.57. The minimum absolute atomic E-state index is 0.124. The van der Waals surface area contributed by atoms with Crippen LogP contribution in [0.2, 0.25) is 0 Å². The highest BCUT2D eigenvalue weighted by Gasteiger charge is 2.23. The molecular formula is C23H26N6O2. The van der Waals surface area contributed by atoms with Crippen molar-refractivity contribution in [2.75, 3.05) is 42.9 Å². The van der Waals surface area contributed by atoms with Crippen LogP contribution in [0.25, 0.3) is 0 Å². The number of carbonyl (C=O) groups is 1. The van der Waals surface area contributed by atoms with Crippen molar-refractivity contribution in [3.8, 4) is 6.07 Å². The molecule has 0 aliphatic carbocycles. The Bertz CT molecular complexity index is 1070. The summed E-state index contributed by atoms with van der Waals surface area (Å²) in [6, 6.07) is 11.8. The molecule has 160 valence electrons. The summed E-state index contributed by atoms with van der Waals surface area (Å²) >= 11 is 0. The molecule has 8 heteroatoms. The molecule has 31 heavy (non-hydrogen) atoms. The number of furan rings is 1. The second-order valence-corrected chi connectivity index (χ2v) is 7.71. The highest BCUT2D eigenvalue weighted by Crippen LogP contribution is 2.27. The van der Waals surface area contributed by atoms with Crippen LogP contribution in [0.3, 0.4) is 0 Å². The molecule has 4 heterocycles. The highest BCUT2D eigenvalue weighted by molar-refractivity contribution is 5.93. The smallest absolute Gasteiger partial charge is 0.239 e. The Balaban J connectivity index is 1.42. The quantitative estimate of drug-likeness (QED) is 0.662. The second kappa shape index (κ2) is 9.06. The van der Waals surface area contributed by atoms with Crippen molar-refractivity contribution in [3.63, 3.8) is 0 Å². The average Bonchev–Trinajstić information content (AvgIpc) is 3.38. The number of nitrogens with one attached hydrogen (secondary N) is 1. The first-order chi connectivity index (χ1) is 15.1. The van der Waals surface area contributed by atoms with Crippen LogP contribution in [0.15, 0.2) is 47.2 Å². The molecule has 3 aromatic rings. The predicted octanol–water partition coefficient (Wildman–Crippen LogP) is 2.77. The molecule has 0 atom stereocenters. The first kappa shape index (κ1) is 20.7. The van der Waals surface area contributed by atoms with E-state index in [9.17, 15) is 10.1 Å². The topological polar surface area (TPSA) is 90.3 Å². The van der Waals surface area contributed by atoms with Gasteiger partial charge in [0.1, 0.15) is 23.5 Å². The van der Waals surface area contributed by atoms with Crippen molar-refractivity contribution in [2.45, 2.75) is 20.4 Å². The van der Waals surface area contributed by atoms with Crippen LogP contribution in [0, 0.1) is 25.2 Å². The number of pyridine rings is 1. The molecule has 1 aliphatic rings. The van der Waals surface area contributed by atoms with Gasteiger partial charge in [0.2, 0.25) is 5.91 Å². The van der Waals surface area contributed by atoms with E-state index >= 15 is 0 Å². The zero-order valence-electron chi connectivity index (χ0n) is 17.8. The van der Waals surface area contributed by atoms with Gasteiger partial charge in [-0.05, 0) is 43.7 Å². The molecule has 0 bridgehead atoms. The van der Waals surface area contributed by atoms with Crippen LogP contribution in [-0.2, 0) is 11.3 Å². The van der Waals surface area contributed by atoms with E-state index in [0.29, 0.717) is 17.9 Å². The molecule has 0 aromatic carbocycles. The zero-order chi connectivity index (χ0) is 21.8. The zero-order valence-corrected chi connectivity index (χ0v) is 17.8. The highest BCUT2D eigenvalue weighted by atomic mass is 16.3. The fourth-order valence-corrected chi connectivity index (χ4v) is 3.94. The molecule has 1 amide bonds. The van der Waals surface area contributed by atoms with E-state index in [0.717, 1.165) is 49.0 Å². The number of rotatable bonds is 6. The van der Waals surface area contributed by atoms with Crippen LogP contribution >= 0.6 is 0 Å². The molecular weight excluding hydrogens is 392 g/mol. The van der Waals surface area contributed by atoms with Crippen molar-refractivity contribution in [1.82, 2.24) is 14.5 Å². The molecule has 8 nitrogen and oxygen atoms in total. The van der Waals surface area contributed by atoms with E-state index in [1.807, 2.05) is 48.7 Å². The van der Waals surface area contributed by atoms with Gasteiger partial charge < -0.3 is 19.2 Å². The monoisotopic (exact) mass is 418 g/mol. The Morgan fingerprint density at radius 3 is 2.65 bits per heavy atom. The molecule has 4 rings (SSSR count). The lowest BCUT2D eigenvalue weighted by atomic mass is 10.2. The van der Waals surface area contributed by atoms with Crippen molar-refractivity contribution < 1.29 is 9.21 Å². The third-order valence-electron chi connectivity index (χ3n) is 5.81. The van der Waals surface area contributed by atoms with Crippen molar-refractivity contribution in [1.29, 1.82) is 5.26 Å². The number of hydrogen-bond acceptors (Lipinski definition) is 6. The van der Waals surface area contributed by atoms with E-state index in [-0.39, 0.29) is 12.5 Å². The molecule has 0 unspecified atom stereocenters. The molecule has 0 saturated carbocycles. The lowest BCUT2D eigenvalue weighted by molar-refractivity contribution is -0.117. The molecule has 1 fully saturated rings. The molecule has 0 radical (unpaired) electrons. The van der Waals surface area contributed by atoms with Crippen molar-refractivity contribution in [2.24, 2.45) is 0 Å². The van der Waals surface area contributed by atoms with E-state index in [2.05, 4.69) is 26.2 Å². The summed E-state index contributed by atoms with van der Waals surface area (Å²) in [6.07, 6.45) is 3.42. The molecule has 0 spiro atoms. The van der Waals surface area contributed by atoms with Gasteiger partial charge in [0.25, 0.3) is 0 Å². The number of nitriles is 1. The van der Waals surface area contributed by atoms with Crippen molar-refractivity contribution >= 4 is 17.5 Å². The summed E-state index contributed by atoms with van der Waals surface area (Å²) in [5.74, 6) is 2.14. The van der Waals surface area contributed by atoms with Crippen LogP contribution < -0.4 is 10.2 Å². The second-order valence-electron chi connectivity index (χ2n) is 7.71. The molecule has 3 aromatic heterocycles. The molecule has 1 N–H and O–H groups in total. The van der Waals surface area contributed by atoms with Gasteiger partial charge >= 0.3 is 0 Å². The minimum Gasteiger partial charge on any atom is -0.467 e. The third kappa shape index (κ3) is 4.47. The van der Waals surface area contributed by atoms with Gasteiger partial charge in [-0.25, -0.2) is 4.98 Å². The first-order valence-electron chi connectivity index (χ1n) is 10.4.